The van der Waals surface area contributed by atoms with Gasteiger partial charge in [0.25, 0.3) is 0 Å². The molecule has 0 saturated heterocycles. The molecule has 2 rings (SSSR count). The second kappa shape index (κ2) is 4.92. The van der Waals surface area contributed by atoms with Gasteiger partial charge in [0.15, 0.2) is 0 Å². The molecule has 0 bridgehead atoms. The van der Waals surface area contributed by atoms with E-state index in [0.717, 1.165) is 24.0 Å². The molecule has 1 aromatic rings. The fraction of sp³-hybridized carbons (Fsp3) is 0.385. The van der Waals surface area contributed by atoms with Crippen LogP contribution in [0.5, 0.6) is 11.5 Å². The minimum atomic E-state index is -4.67. The molecule has 1 heterocycles. The van der Waals surface area contributed by atoms with Gasteiger partial charge in [-0.15, -0.1) is 13.2 Å². The number of ether oxygens (including phenoxy) is 2. The van der Waals surface area contributed by atoms with E-state index >= 15 is 0 Å². The molecule has 1 aromatic carbocycles. The van der Waals surface area contributed by atoms with Gasteiger partial charge in [0.2, 0.25) is 0 Å². The van der Waals surface area contributed by atoms with E-state index in [0.29, 0.717) is 12.4 Å². The van der Waals surface area contributed by atoms with Crippen LogP contribution in [-0.2, 0) is 0 Å². The molecule has 0 radical (unpaired) electrons. The average Bonchev–Trinajstić information content (AvgIpc) is 2.27. The van der Waals surface area contributed by atoms with Crippen LogP contribution in [0.4, 0.5) is 13.2 Å². The number of fused-ring (bicyclic) bond motifs is 1. The Hall–Kier alpha value is -1.65. The Morgan fingerprint density at radius 3 is 2.78 bits per heavy atom. The van der Waals surface area contributed by atoms with Crippen molar-refractivity contribution in [3.05, 3.63) is 29.3 Å². The first kappa shape index (κ1) is 12.8. The number of benzene rings is 1. The first-order valence-electron chi connectivity index (χ1n) is 5.70. The largest absolute Gasteiger partial charge is 0.573 e. The van der Waals surface area contributed by atoms with Crippen molar-refractivity contribution in [2.75, 3.05) is 6.61 Å². The molecule has 2 nitrogen and oxygen atoms in total. The zero-order chi connectivity index (χ0) is 13.2. The van der Waals surface area contributed by atoms with Gasteiger partial charge in [-0.25, -0.2) is 0 Å². The van der Waals surface area contributed by atoms with Crippen LogP contribution >= 0.6 is 0 Å². The molecule has 5 heteroatoms. The van der Waals surface area contributed by atoms with Crippen LogP contribution in [0.25, 0.3) is 6.08 Å². The number of rotatable bonds is 3. The molecule has 18 heavy (non-hydrogen) atoms. The molecule has 0 N–H and O–H groups in total. The Morgan fingerprint density at radius 2 is 2.11 bits per heavy atom. The molecule has 0 spiro atoms. The molecule has 0 saturated carbocycles. The quantitative estimate of drug-likeness (QED) is 0.810. The van der Waals surface area contributed by atoms with E-state index in [9.17, 15) is 13.2 Å². The lowest BCUT2D eigenvalue weighted by Crippen LogP contribution is -2.17. The Labute approximate surface area is 103 Å². The van der Waals surface area contributed by atoms with Crippen molar-refractivity contribution in [2.45, 2.75) is 26.1 Å². The smallest absolute Gasteiger partial charge is 0.488 e. The van der Waals surface area contributed by atoms with Crippen molar-refractivity contribution in [1.29, 1.82) is 0 Å². The summed E-state index contributed by atoms with van der Waals surface area (Å²) in [6.07, 6.45) is -0.772. The summed E-state index contributed by atoms with van der Waals surface area (Å²) >= 11 is 0. The summed E-state index contributed by atoms with van der Waals surface area (Å²) in [6, 6.07) is 4.13. The zero-order valence-corrected chi connectivity index (χ0v) is 9.88. The SMILES string of the molecule is CCCC1=Cc2ccc(OC(F)(F)F)cc2OC1. The lowest BCUT2D eigenvalue weighted by molar-refractivity contribution is -0.274. The minimum absolute atomic E-state index is 0.256. The van der Waals surface area contributed by atoms with Crippen LogP contribution in [0.2, 0.25) is 0 Å². The van der Waals surface area contributed by atoms with E-state index in [2.05, 4.69) is 11.7 Å². The third kappa shape index (κ3) is 3.18. The second-order valence-corrected chi connectivity index (χ2v) is 4.09. The molecule has 0 unspecified atom stereocenters. The first-order chi connectivity index (χ1) is 8.48. The lowest BCUT2D eigenvalue weighted by atomic mass is 10.0. The normalized spacial score (nSPS) is 14.6. The molecule has 1 aliphatic rings. The van der Waals surface area contributed by atoms with Gasteiger partial charge in [-0.1, -0.05) is 13.3 Å². The van der Waals surface area contributed by atoms with Crippen molar-refractivity contribution in [3.63, 3.8) is 0 Å². The fourth-order valence-corrected chi connectivity index (χ4v) is 1.85. The van der Waals surface area contributed by atoms with Gasteiger partial charge in [-0.2, -0.15) is 0 Å². The summed E-state index contributed by atoms with van der Waals surface area (Å²) in [5.74, 6) is 0.171. The van der Waals surface area contributed by atoms with Crippen LogP contribution in [0, 0.1) is 0 Å². The van der Waals surface area contributed by atoms with Crippen molar-refractivity contribution in [3.8, 4) is 11.5 Å². The fourth-order valence-electron chi connectivity index (χ4n) is 1.85. The molecule has 98 valence electrons. The van der Waals surface area contributed by atoms with Gasteiger partial charge in [-0.3, -0.25) is 0 Å². The maximum atomic E-state index is 12.1. The van der Waals surface area contributed by atoms with E-state index in [1.807, 2.05) is 6.08 Å². The van der Waals surface area contributed by atoms with Crippen molar-refractivity contribution >= 4 is 6.08 Å². The second-order valence-electron chi connectivity index (χ2n) is 4.09. The van der Waals surface area contributed by atoms with Crippen LogP contribution in [0.3, 0.4) is 0 Å². The molecule has 0 aliphatic carbocycles. The Kier molecular flexibility index (Phi) is 3.50. The molecular formula is C13H13F3O2. The van der Waals surface area contributed by atoms with E-state index in [1.54, 1.807) is 6.07 Å². The maximum absolute atomic E-state index is 12.1. The molecule has 0 amide bonds. The Balaban J connectivity index is 2.20. The highest BCUT2D eigenvalue weighted by molar-refractivity contribution is 5.63. The van der Waals surface area contributed by atoms with Gasteiger partial charge in [0.05, 0.1) is 0 Å². The lowest BCUT2D eigenvalue weighted by Gasteiger charge is -2.19. The molecular weight excluding hydrogens is 245 g/mol. The first-order valence-corrected chi connectivity index (χ1v) is 5.70. The number of alkyl halides is 3. The average molecular weight is 258 g/mol. The summed E-state index contributed by atoms with van der Waals surface area (Å²) in [5.41, 5.74) is 1.94. The van der Waals surface area contributed by atoms with Gasteiger partial charge in [0.1, 0.15) is 18.1 Å². The molecule has 0 fully saturated rings. The molecule has 0 aromatic heterocycles. The summed E-state index contributed by atoms with van der Waals surface area (Å²) in [7, 11) is 0. The van der Waals surface area contributed by atoms with Gasteiger partial charge >= 0.3 is 6.36 Å². The summed E-state index contributed by atoms with van der Waals surface area (Å²) < 4.78 is 45.5. The van der Waals surface area contributed by atoms with E-state index in [-0.39, 0.29) is 5.75 Å². The maximum Gasteiger partial charge on any atom is 0.573 e. The topological polar surface area (TPSA) is 18.5 Å². The third-order valence-electron chi connectivity index (χ3n) is 2.56. The predicted octanol–water partition coefficient (Wildman–Crippen LogP) is 4.16. The number of hydrogen-bond donors (Lipinski definition) is 0. The summed E-state index contributed by atoms with van der Waals surface area (Å²) in [6.45, 7) is 2.49. The van der Waals surface area contributed by atoms with Crippen LogP contribution in [0.1, 0.15) is 25.3 Å². The van der Waals surface area contributed by atoms with Crippen LogP contribution in [-0.4, -0.2) is 13.0 Å². The Morgan fingerprint density at radius 1 is 1.33 bits per heavy atom. The van der Waals surface area contributed by atoms with Gasteiger partial charge in [-0.05, 0) is 30.2 Å². The summed E-state index contributed by atoms with van der Waals surface area (Å²) in [4.78, 5) is 0. The van der Waals surface area contributed by atoms with Crippen LogP contribution in [0.15, 0.2) is 23.8 Å². The Bertz CT molecular complexity index is 464. The molecule has 1 aliphatic heterocycles. The minimum Gasteiger partial charge on any atom is -0.488 e. The third-order valence-corrected chi connectivity index (χ3v) is 2.56. The monoisotopic (exact) mass is 258 g/mol. The van der Waals surface area contributed by atoms with Crippen LogP contribution < -0.4 is 9.47 Å². The zero-order valence-electron chi connectivity index (χ0n) is 9.88. The van der Waals surface area contributed by atoms with Crippen molar-refractivity contribution < 1.29 is 22.6 Å². The van der Waals surface area contributed by atoms with E-state index < -0.39 is 6.36 Å². The highest BCUT2D eigenvalue weighted by atomic mass is 19.4. The standard InChI is InChI=1S/C13H13F3O2/c1-2-3-9-6-10-4-5-11(18-13(14,15)16)7-12(10)17-8-9/h4-7H,2-3,8H2,1H3. The number of hydrogen-bond acceptors (Lipinski definition) is 2. The van der Waals surface area contributed by atoms with Gasteiger partial charge in [0, 0.05) is 11.6 Å². The van der Waals surface area contributed by atoms with E-state index in [4.69, 9.17) is 4.74 Å². The summed E-state index contributed by atoms with van der Waals surface area (Å²) in [5, 5.41) is 0. The molecule has 0 atom stereocenters. The highest BCUT2D eigenvalue weighted by Crippen LogP contribution is 2.33. The van der Waals surface area contributed by atoms with Crippen molar-refractivity contribution in [2.24, 2.45) is 0 Å². The number of halogens is 3. The van der Waals surface area contributed by atoms with E-state index in [1.165, 1.54) is 12.1 Å². The predicted molar refractivity (Wildman–Crippen MR) is 61.5 cm³/mol. The highest BCUT2D eigenvalue weighted by Gasteiger charge is 2.31. The van der Waals surface area contributed by atoms with Crippen molar-refractivity contribution in [1.82, 2.24) is 0 Å². The van der Waals surface area contributed by atoms with Gasteiger partial charge < -0.3 is 9.47 Å².